The molecule has 0 saturated carbocycles. The summed E-state index contributed by atoms with van der Waals surface area (Å²) in [6, 6.07) is 13.6. The van der Waals surface area contributed by atoms with Gasteiger partial charge in [0.25, 0.3) is 5.91 Å². The summed E-state index contributed by atoms with van der Waals surface area (Å²) in [5, 5.41) is 5.29. The molecule has 0 aliphatic carbocycles. The number of hydrogen-bond donors (Lipinski definition) is 0. The molecule has 162 valence electrons. The van der Waals surface area contributed by atoms with Gasteiger partial charge in [-0.25, -0.2) is 9.07 Å². The Bertz CT molecular complexity index is 1100. The van der Waals surface area contributed by atoms with E-state index >= 15 is 0 Å². The van der Waals surface area contributed by atoms with E-state index in [4.69, 9.17) is 16.7 Å². The highest BCUT2D eigenvalue weighted by Gasteiger charge is 2.27. The molecule has 2 aromatic carbocycles. The van der Waals surface area contributed by atoms with Gasteiger partial charge in [-0.2, -0.15) is 5.10 Å². The van der Waals surface area contributed by atoms with Crippen LogP contribution in [-0.2, 0) is 19.5 Å². The molecular weight excluding hydrogens is 415 g/mol. The summed E-state index contributed by atoms with van der Waals surface area (Å²) < 4.78 is 15.7. The van der Waals surface area contributed by atoms with Crippen LogP contribution in [0.5, 0.6) is 0 Å². The standard InChI is InChI=1S/C24H26ClFN4O/c1-3-28-13-12-23-20(15-28)22(27-30(23)18-9-7-8-17(26)14-18)16-29(4-2)24(31)19-10-5-6-11-21(19)25/h5-11,14H,3-4,12-13,15-16H2,1-2H3. The largest absolute Gasteiger partial charge is 0.333 e. The lowest BCUT2D eigenvalue weighted by atomic mass is 10.0. The normalized spacial score (nSPS) is 13.8. The molecule has 0 fully saturated rings. The quantitative estimate of drug-likeness (QED) is 0.557. The molecule has 0 spiro atoms. The molecule has 0 radical (unpaired) electrons. The molecule has 0 bridgehead atoms. The van der Waals surface area contributed by atoms with E-state index in [1.165, 1.54) is 12.1 Å². The topological polar surface area (TPSA) is 41.4 Å². The zero-order chi connectivity index (χ0) is 22.0. The summed E-state index contributed by atoms with van der Waals surface area (Å²) in [6.45, 7) is 7.64. The minimum atomic E-state index is -0.293. The van der Waals surface area contributed by atoms with Crippen LogP contribution in [-0.4, -0.2) is 45.1 Å². The number of carbonyl (C=O) groups is 1. The van der Waals surface area contributed by atoms with Gasteiger partial charge in [-0.1, -0.05) is 36.7 Å². The maximum absolute atomic E-state index is 13.9. The van der Waals surface area contributed by atoms with Gasteiger partial charge in [0.2, 0.25) is 0 Å². The fourth-order valence-electron chi connectivity index (χ4n) is 4.07. The summed E-state index contributed by atoms with van der Waals surface area (Å²) >= 11 is 6.27. The molecule has 0 atom stereocenters. The number of halogens is 2. The predicted octanol–water partition coefficient (Wildman–Crippen LogP) is 4.71. The van der Waals surface area contributed by atoms with Crippen LogP contribution < -0.4 is 0 Å². The van der Waals surface area contributed by atoms with E-state index < -0.39 is 0 Å². The van der Waals surface area contributed by atoms with Crippen molar-refractivity contribution >= 4 is 17.5 Å². The molecule has 1 aliphatic rings. The SMILES string of the molecule is CCN1CCc2c(c(CN(CC)C(=O)c3ccccc3Cl)nn2-c2cccc(F)c2)C1. The van der Waals surface area contributed by atoms with E-state index in [-0.39, 0.29) is 11.7 Å². The van der Waals surface area contributed by atoms with Crippen molar-refractivity contribution in [1.29, 1.82) is 0 Å². The molecule has 0 N–H and O–H groups in total. The van der Waals surface area contributed by atoms with Crippen molar-refractivity contribution in [1.82, 2.24) is 19.6 Å². The fourth-order valence-corrected chi connectivity index (χ4v) is 4.29. The van der Waals surface area contributed by atoms with Crippen molar-refractivity contribution < 1.29 is 9.18 Å². The number of rotatable bonds is 6. The molecular formula is C24H26ClFN4O. The molecule has 2 heterocycles. The van der Waals surface area contributed by atoms with Crippen LogP contribution >= 0.6 is 11.6 Å². The summed E-state index contributed by atoms with van der Waals surface area (Å²) in [5.41, 5.74) is 4.25. The van der Waals surface area contributed by atoms with Gasteiger partial charge >= 0.3 is 0 Å². The first-order valence-corrected chi connectivity index (χ1v) is 11.0. The minimum absolute atomic E-state index is 0.120. The Morgan fingerprint density at radius 3 is 2.71 bits per heavy atom. The number of hydrogen-bond acceptors (Lipinski definition) is 3. The fraction of sp³-hybridized carbons (Fsp3) is 0.333. The van der Waals surface area contributed by atoms with Crippen LogP contribution in [0.25, 0.3) is 5.69 Å². The van der Waals surface area contributed by atoms with E-state index in [0.717, 1.165) is 43.0 Å². The molecule has 3 aromatic rings. The van der Waals surface area contributed by atoms with Crippen molar-refractivity contribution in [2.24, 2.45) is 0 Å². The van der Waals surface area contributed by atoms with Crippen LogP contribution in [0.3, 0.4) is 0 Å². The molecule has 1 aliphatic heterocycles. The monoisotopic (exact) mass is 440 g/mol. The Morgan fingerprint density at radius 2 is 2.00 bits per heavy atom. The zero-order valence-electron chi connectivity index (χ0n) is 17.8. The number of benzene rings is 2. The van der Waals surface area contributed by atoms with Gasteiger partial charge in [0.15, 0.2) is 0 Å². The number of aromatic nitrogens is 2. The van der Waals surface area contributed by atoms with Crippen LogP contribution in [0.4, 0.5) is 4.39 Å². The third-order valence-corrected chi connectivity index (χ3v) is 6.16. The second-order valence-electron chi connectivity index (χ2n) is 7.68. The third-order valence-electron chi connectivity index (χ3n) is 5.83. The molecule has 31 heavy (non-hydrogen) atoms. The number of carbonyl (C=O) groups excluding carboxylic acids is 1. The smallest absolute Gasteiger partial charge is 0.255 e. The first-order valence-electron chi connectivity index (χ1n) is 10.6. The molecule has 7 heteroatoms. The van der Waals surface area contributed by atoms with Crippen molar-refractivity contribution in [3.05, 3.63) is 81.9 Å². The number of likely N-dealkylation sites (N-methyl/N-ethyl adjacent to an activating group) is 1. The van der Waals surface area contributed by atoms with E-state index in [0.29, 0.717) is 29.4 Å². The number of fused-ring (bicyclic) bond motifs is 1. The van der Waals surface area contributed by atoms with Crippen LogP contribution in [0.15, 0.2) is 48.5 Å². The van der Waals surface area contributed by atoms with Crippen LogP contribution in [0.1, 0.15) is 41.2 Å². The Kier molecular flexibility index (Phi) is 6.39. The van der Waals surface area contributed by atoms with Gasteiger partial charge < -0.3 is 4.90 Å². The Labute approximate surface area is 187 Å². The zero-order valence-corrected chi connectivity index (χ0v) is 18.6. The Hall–Kier alpha value is -2.70. The number of nitrogens with zero attached hydrogens (tertiary/aromatic N) is 4. The van der Waals surface area contributed by atoms with E-state index in [2.05, 4.69) is 11.8 Å². The summed E-state index contributed by atoms with van der Waals surface area (Å²) in [4.78, 5) is 17.3. The van der Waals surface area contributed by atoms with Crippen LogP contribution in [0.2, 0.25) is 5.02 Å². The first-order chi connectivity index (χ1) is 15.0. The van der Waals surface area contributed by atoms with Crippen molar-refractivity contribution in [2.75, 3.05) is 19.6 Å². The third kappa shape index (κ3) is 4.36. The minimum Gasteiger partial charge on any atom is -0.333 e. The average Bonchev–Trinajstić information content (AvgIpc) is 3.15. The van der Waals surface area contributed by atoms with E-state index in [1.54, 1.807) is 23.1 Å². The molecule has 4 rings (SSSR count). The second-order valence-corrected chi connectivity index (χ2v) is 8.09. The highest BCUT2D eigenvalue weighted by molar-refractivity contribution is 6.33. The summed E-state index contributed by atoms with van der Waals surface area (Å²) in [6.07, 6.45) is 0.831. The van der Waals surface area contributed by atoms with Gasteiger partial charge in [0.05, 0.1) is 34.2 Å². The van der Waals surface area contributed by atoms with Crippen molar-refractivity contribution in [3.8, 4) is 5.69 Å². The van der Waals surface area contributed by atoms with Gasteiger partial charge in [0, 0.05) is 31.6 Å². The first kappa shape index (κ1) is 21.5. The lowest BCUT2D eigenvalue weighted by Crippen LogP contribution is -2.33. The second kappa shape index (κ2) is 9.20. The molecule has 0 unspecified atom stereocenters. The lowest BCUT2D eigenvalue weighted by molar-refractivity contribution is 0.0750. The summed E-state index contributed by atoms with van der Waals surface area (Å²) in [5.74, 6) is -0.413. The van der Waals surface area contributed by atoms with Gasteiger partial charge in [-0.05, 0) is 43.8 Å². The van der Waals surface area contributed by atoms with Gasteiger partial charge in [-0.15, -0.1) is 0 Å². The summed E-state index contributed by atoms with van der Waals surface area (Å²) in [7, 11) is 0. The maximum atomic E-state index is 13.9. The lowest BCUT2D eigenvalue weighted by Gasteiger charge is -2.27. The molecule has 1 amide bonds. The van der Waals surface area contributed by atoms with E-state index in [9.17, 15) is 9.18 Å². The molecule has 1 aromatic heterocycles. The van der Waals surface area contributed by atoms with E-state index in [1.807, 2.05) is 29.8 Å². The van der Waals surface area contributed by atoms with Crippen molar-refractivity contribution in [3.63, 3.8) is 0 Å². The highest BCUT2D eigenvalue weighted by Crippen LogP contribution is 2.27. The number of amides is 1. The van der Waals surface area contributed by atoms with Crippen LogP contribution in [0, 0.1) is 5.82 Å². The van der Waals surface area contributed by atoms with Gasteiger partial charge in [0.1, 0.15) is 5.82 Å². The van der Waals surface area contributed by atoms with Crippen molar-refractivity contribution in [2.45, 2.75) is 33.4 Å². The molecule has 0 saturated heterocycles. The maximum Gasteiger partial charge on any atom is 0.255 e. The average molecular weight is 441 g/mol. The Morgan fingerprint density at radius 1 is 1.19 bits per heavy atom. The molecule has 5 nitrogen and oxygen atoms in total. The predicted molar refractivity (Wildman–Crippen MR) is 120 cm³/mol. The van der Waals surface area contributed by atoms with Gasteiger partial charge in [-0.3, -0.25) is 9.69 Å². The highest BCUT2D eigenvalue weighted by atomic mass is 35.5. The Balaban J connectivity index is 1.72.